The monoisotopic (exact) mass is 510 g/mol. The van der Waals surface area contributed by atoms with Crippen molar-refractivity contribution in [3.63, 3.8) is 0 Å². The molecule has 0 bridgehead atoms. The van der Waals surface area contributed by atoms with Gasteiger partial charge >= 0.3 is 5.97 Å². The van der Waals surface area contributed by atoms with E-state index in [9.17, 15) is 14.3 Å². The first kappa shape index (κ1) is 26.1. The van der Waals surface area contributed by atoms with E-state index in [1.807, 2.05) is 0 Å². The van der Waals surface area contributed by atoms with Gasteiger partial charge in [0.25, 0.3) is 0 Å². The van der Waals surface area contributed by atoms with Gasteiger partial charge in [0.15, 0.2) is 0 Å². The summed E-state index contributed by atoms with van der Waals surface area (Å²) in [5, 5.41) is 9.92. The lowest BCUT2D eigenvalue weighted by molar-refractivity contribution is 0.0697. The van der Waals surface area contributed by atoms with E-state index in [1.54, 1.807) is 30.5 Å². The van der Waals surface area contributed by atoms with Gasteiger partial charge in [-0.2, -0.15) is 0 Å². The molecule has 0 saturated carbocycles. The second-order valence-electron chi connectivity index (χ2n) is 9.08. The summed E-state index contributed by atoms with van der Waals surface area (Å²) in [6.45, 7) is 8.56. The van der Waals surface area contributed by atoms with Gasteiger partial charge in [-0.25, -0.2) is 14.2 Å². The second-order valence-corrected chi connectivity index (χ2v) is 9.49. The zero-order chi connectivity index (χ0) is 25.5. The Labute approximate surface area is 216 Å². The molecule has 2 aromatic carbocycles. The molecule has 0 atom stereocenters. The minimum absolute atomic E-state index is 0.244. The minimum atomic E-state index is -0.946. The Bertz CT molecular complexity index is 1150. The van der Waals surface area contributed by atoms with Crippen molar-refractivity contribution in [2.24, 2.45) is 0 Å². The van der Waals surface area contributed by atoms with Crippen LogP contribution < -0.4 is 4.90 Å². The summed E-state index contributed by atoms with van der Waals surface area (Å²) < 4.78 is 14.1. The molecule has 0 radical (unpaired) electrons. The van der Waals surface area contributed by atoms with Crippen molar-refractivity contribution in [2.45, 2.75) is 26.4 Å². The third kappa shape index (κ3) is 6.60. The Balaban J connectivity index is 1.27. The molecule has 0 aliphatic carbocycles. The molecule has 1 aliphatic heterocycles. The quantitative estimate of drug-likeness (QED) is 0.416. The largest absolute Gasteiger partial charge is 0.478 e. The first-order valence-electron chi connectivity index (χ1n) is 12.3. The summed E-state index contributed by atoms with van der Waals surface area (Å²) in [6.07, 6.45) is 2.22. The number of rotatable bonds is 10. The number of hydrogen-bond donors (Lipinski definition) is 1. The van der Waals surface area contributed by atoms with Gasteiger partial charge in [-0.3, -0.25) is 9.80 Å². The first-order chi connectivity index (χ1) is 17.4. The lowest BCUT2D eigenvalue weighted by Crippen LogP contribution is -2.46. The fraction of sp³-hybridized carbons (Fsp3) is 0.357. The van der Waals surface area contributed by atoms with Crippen molar-refractivity contribution in [3.8, 4) is 0 Å². The number of nitrogens with zero attached hydrogens (tertiary/aromatic N) is 4. The highest BCUT2D eigenvalue weighted by atomic mass is 35.5. The smallest absolute Gasteiger partial charge is 0.339 e. The number of aromatic nitrogens is 1. The van der Waals surface area contributed by atoms with Gasteiger partial charge in [0.05, 0.1) is 0 Å². The molecule has 6 nitrogen and oxygen atoms in total. The number of likely N-dealkylation sites (N-methyl/N-ethyl adjacent to an activating group) is 1. The molecule has 0 spiro atoms. The molecule has 8 heteroatoms. The van der Waals surface area contributed by atoms with Crippen LogP contribution in [0.15, 0.2) is 60.8 Å². The molecule has 1 aliphatic rings. The van der Waals surface area contributed by atoms with Gasteiger partial charge in [-0.05, 0) is 48.4 Å². The zero-order valence-electron chi connectivity index (χ0n) is 20.5. The van der Waals surface area contributed by atoms with Crippen molar-refractivity contribution in [3.05, 3.63) is 93.9 Å². The number of pyridine rings is 1. The van der Waals surface area contributed by atoms with Crippen LogP contribution >= 0.6 is 11.6 Å². The lowest BCUT2D eigenvalue weighted by Gasteiger charge is -2.35. The van der Waals surface area contributed by atoms with Gasteiger partial charge in [-0.1, -0.05) is 48.9 Å². The van der Waals surface area contributed by atoms with Crippen LogP contribution in [0.2, 0.25) is 5.02 Å². The summed E-state index contributed by atoms with van der Waals surface area (Å²) in [6, 6.07) is 16.8. The maximum absolute atomic E-state index is 14.1. The number of carboxylic acids is 1. The molecule has 1 fully saturated rings. The first-order valence-corrected chi connectivity index (χ1v) is 12.7. The minimum Gasteiger partial charge on any atom is -0.478 e. The number of aromatic carboxylic acids is 1. The van der Waals surface area contributed by atoms with Crippen molar-refractivity contribution in [2.75, 3.05) is 44.2 Å². The van der Waals surface area contributed by atoms with Crippen LogP contribution in [0.4, 0.5) is 10.2 Å². The maximum atomic E-state index is 14.1. The van der Waals surface area contributed by atoms with Crippen LogP contribution in [0.25, 0.3) is 0 Å². The van der Waals surface area contributed by atoms with Crippen LogP contribution in [-0.4, -0.2) is 65.1 Å². The third-order valence-corrected chi connectivity index (χ3v) is 7.07. The van der Waals surface area contributed by atoms with Crippen molar-refractivity contribution in [1.82, 2.24) is 14.8 Å². The fourth-order valence-electron chi connectivity index (χ4n) is 4.59. The standard InChI is InChI=1S/C28H32ClFN4O2/c1-2-32(14-12-23-25(29)6-3-7-26(23)30)19-21-8-10-22(11-9-21)20-33-15-17-34(18-16-33)27-24(28(35)36)5-4-13-31-27/h3-11,13H,2,12,14-20H2,1H3,(H,35,36). The van der Waals surface area contributed by atoms with Crippen molar-refractivity contribution >= 4 is 23.4 Å². The van der Waals surface area contributed by atoms with Gasteiger partial charge in [0.1, 0.15) is 17.2 Å². The van der Waals surface area contributed by atoms with E-state index in [4.69, 9.17) is 11.6 Å². The third-order valence-electron chi connectivity index (χ3n) is 6.71. The highest BCUT2D eigenvalue weighted by Gasteiger charge is 2.22. The van der Waals surface area contributed by atoms with E-state index in [0.29, 0.717) is 22.8 Å². The number of carboxylic acid groups (broad SMARTS) is 1. The van der Waals surface area contributed by atoms with Gasteiger partial charge in [0, 0.05) is 62.6 Å². The Kier molecular flexibility index (Phi) is 8.91. The maximum Gasteiger partial charge on any atom is 0.339 e. The second kappa shape index (κ2) is 12.3. The van der Waals surface area contributed by atoms with Crippen LogP contribution in [0.1, 0.15) is 34.0 Å². The summed E-state index contributed by atoms with van der Waals surface area (Å²) in [5.41, 5.74) is 3.30. The number of anilines is 1. The molecule has 1 N–H and O–H groups in total. The van der Waals surface area contributed by atoms with Gasteiger partial charge in [0.2, 0.25) is 0 Å². The number of carbonyl (C=O) groups is 1. The molecule has 4 rings (SSSR count). The Morgan fingerprint density at radius 3 is 2.44 bits per heavy atom. The fourth-order valence-corrected chi connectivity index (χ4v) is 4.85. The topological polar surface area (TPSA) is 59.9 Å². The zero-order valence-corrected chi connectivity index (χ0v) is 21.3. The predicted octanol–water partition coefficient (Wildman–Crippen LogP) is 4.96. The number of piperazine rings is 1. The van der Waals surface area contributed by atoms with Crippen molar-refractivity contribution < 1.29 is 14.3 Å². The normalized spacial score (nSPS) is 14.4. The molecule has 0 amide bonds. The van der Waals surface area contributed by atoms with Crippen LogP contribution in [-0.2, 0) is 19.5 Å². The number of benzene rings is 2. The van der Waals surface area contributed by atoms with Gasteiger partial charge < -0.3 is 10.0 Å². The van der Waals surface area contributed by atoms with Gasteiger partial charge in [-0.15, -0.1) is 0 Å². The van der Waals surface area contributed by atoms with E-state index in [1.165, 1.54) is 17.2 Å². The number of halogens is 2. The molecule has 36 heavy (non-hydrogen) atoms. The summed E-state index contributed by atoms with van der Waals surface area (Å²) >= 11 is 6.18. The summed E-state index contributed by atoms with van der Waals surface area (Å²) in [5.74, 6) is -0.642. The Morgan fingerprint density at radius 2 is 1.78 bits per heavy atom. The molecule has 1 saturated heterocycles. The molecule has 2 heterocycles. The Morgan fingerprint density at radius 1 is 1.06 bits per heavy atom. The molecule has 0 unspecified atom stereocenters. The molecule has 1 aromatic heterocycles. The lowest BCUT2D eigenvalue weighted by atomic mass is 10.1. The summed E-state index contributed by atoms with van der Waals surface area (Å²) in [4.78, 5) is 22.5. The summed E-state index contributed by atoms with van der Waals surface area (Å²) in [7, 11) is 0. The van der Waals surface area contributed by atoms with Crippen LogP contribution in [0.3, 0.4) is 0 Å². The molecule has 3 aromatic rings. The van der Waals surface area contributed by atoms with Crippen molar-refractivity contribution in [1.29, 1.82) is 0 Å². The van der Waals surface area contributed by atoms with E-state index in [2.05, 4.69) is 50.9 Å². The van der Waals surface area contributed by atoms with E-state index >= 15 is 0 Å². The highest BCUT2D eigenvalue weighted by molar-refractivity contribution is 6.31. The average molecular weight is 511 g/mol. The molecule has 190 valence electrons. The highest BCUT2D eigenvalue weighted by Crippen LogP contribution is 2.21. The van der Waals surface area contributed by atoms with E-state index in [0.717, 1.165) is 52.4 Å². The Hall–Kier alpha value is -3.00. The molecular weight excluding hydrogens is 479 g/mol. The average Bonchev–Trinajstić information content (AvgIpc) is 2.89. The van der Waals surface area contributed by atoms with Crippen LogP contribution in [0.5, 0.6) is 0 Å². The predicted molar refractivity (Wildman–Crippen MR) is 141 cm³/mol. The number of hydrogen-bond acceptors (Lipinski definition) is 5. The van der Waals surface area contributed by atoms with E-state index in [-0.39, 0.29) is 11.4 Å². The van der Waals surface area contributed by atoms with E-state index < -0.39 is 5.97 Å². The SMILES string of the molecule is CCN(CCc1c(F)cccc1Cl)Cc1ccc(CN2CCN(c3ncccc3C(=O)O)CC2)cc1. The molecular formula is C28H32ClFN4O2. The van der Waals surface area contributed by atoms with Crippen LogP contribution in [0, 0.1) is 5.82 Å².